The van der Waals surface area contributed by atoms with E-state index in [1.165, 1.54) is 5.56 Å². The van der Waals surface area contributed by atoms with Crippen LogP contribution in [-0.2, 0) is 6.42 Å². The summed E-state index contributed by atoms with van der Waals surface area (Å²) >= 11 is 8.72. The maximum Gasteiger partial charge on any atom is 0.127 e. The van der Waals surface area contributed by atoms with Gasteiger partial charge in [-0.1, -0.05) is 18.2 Å². The second kappa shape index (κ2) is 6.15. The molecule has 0 aliphatic carbocycles. The predicted molar refractivity (Wildman–Crippen MR) is 89.1 cm³/mol. The van der Waals surface area contributed by atoms with E-state index in [0.29, 0.717) is 0 Å². The van der Waals surface area contributed by atoms with Crippen LogP contribution in [0, 0.1) is 0 Å². The third-order valence-corrected chi connectivity index (χ3v) is 6.71. The number of hydrogen-bond acceptors (Lipinski definition) is 4. The van der Waals surface area contributed by atoms with Crippen molar-refractivity contribution in [3.63, 3.8) is 0 Å². The molecule has 0 radical (unpaired) electrons. The Morgan fingerprint density at radius 1 is 1.35 bits per heavy atom. The highest BCUT2D eigenvalue weighted by Crippen LogP contribution is 2.41. The van der Waals surface area contributed by atoms with Crippen molar-refractivity contribution >= 4 is 43.2 Å². The molecular formula is C14H14Br2N2OS. The largest absolute Gasteiger partial charge is 0.493 e. The van der Waals surface area contributed by atoms with Gasteiger partial charge in [0.1, 0.15) is 5.75 Å². The van der Waals surface area contributed by atoms with Crippen molar-refractivity contribution in [3.05, 3.63) is 48.5 Å². The summed E-state index contributed by atoms with van der Waals surface area (Å²) in [4.78, 5) is 1.15. The first-order valence-corrected chi connectivity index (χ1v) is 8.76. The minimum Gasteiger partial charge on any atom is -0.493 e. The lowest BCUT2D eigenvalue weighted by Crippen LogP contribution is -2.29. The quantitative estimate of drug-likeness (QED) is 0.582. The number of rotatable bonds is 3. The van der Waals surface area contributed by atoms with Gasteiger partial charge in [-0.15, -0.1) is 11.3 Å². The number of benzene rings is 1. The van der Waals surface area contributed by atoms with Gasteiger partial charge in [0.05, 0.1) is 16.4 Å². The van der Waals surface area contributed by atoms with E-state index in [2.05, 4.69) is 61.6 Å². The average Bonchev–Trinajstić information content (AvgIpc) is 2.79. The van der Waals surface area contributed by atoms with Gasteiger partial charge in [-0.3, -0.25) is 5.84 Å². The summed E-state index contributed by atoms with van der Waals surface area (Å²) in [5.74, 6) is 6.79. The van der Waals surface area contributed by atoms with Crippen LogP contribution in [0.2, 0.25) is 0 Å². The van der Waals surface area contributed by atoms with Crippen LogP contribution in [0.1, 0.15) is 28.5 Å². The van der Waals surface area contributed by atoms with Crippen molar-refractivity contribution in [1.29, 1.82) is 0 Å². The smallest absolute Gasteiger partial charge is 0.127 e. The third-order valence-electron chi connectivity index (χ3n) is 3.39. The molecule has 1 unspecified atom stereocenters. The van der Waals surface area contributed by atoms with Crippen LogP contribution in [0.25, 0.3) is 0 Å². The van der Waals surface area contributed by atoms with E-state index >= 15 is 0 Å². The SMILES string of the molecule is NNC(c1cc(Br)c(Br)s1)c1cccc2c1OCCC2. The summed E-state index contributed by atoms with van der Waals surface area (Å²) in [7, 11) is 0. The van der Waals surface area contributed by atoms with Crippen molar-refractivity contribution in [2.45, 2.75) is 18.9 Å². The van der Waals surface area contributed by atoms with Crippen LogP contribution in [0.5, 0.6) is 5.75 Å². The summed E-state index contributed by atoms with van der Waals surface area (Å²) in [5, 5.41) is 0. The van der Waals surface area contributed by atoms with E-state index < -0.39 is 0 Å². The van der Waals surface area contributed by atoms with Gasteiger partial charge in [0.15, 0.2) is 0 Å². The Bertz CT molecular complexity index is 610. The van der Waals surface area contributed by atoms with E-state index in [1.54, 1.807) is 11.3 Å². The molecule has 1 aromatic carbocycles. The molecule has 1 atom stereocenters. The van der Waals surface area contributed by atoms with Crippen molar-refractivity contribution in [2.75, 3.05) is 6.61 Å². The molecule has 0 amide bonds. The number of aryl methyl sites for hydroxylation is 1. The van der Waals surface area contributed by atoms with Crippen molar-refractivity contribution < 1.29 is 4.74 Å². The van der Waals surface area contributed by atoms with E-state index in [-0.39, 0.29) is 6.04 Å². The summed E-state index contributed by atoms with van der Waals surface area (Å²) in [6.07, 6.45) is 2.14. The number of halogens is 2. The van der Waals surface area contributed by atoms with Gasteiger partial charge in [-0.25, -0.2) is 5.43 Å². The highest BCUT2D eigenvalue weighted by molar-refractivity contribution is 9.13. The molecular weight excluding hydrogens is 404 g/mol. The van der Waals surface area contributed by atoms with Crippen LogP contribution in [-0.4, -0.2) is 6.61 Å². The Labute approximate surface area is 138 Å². The van der Waals surface area contributed by atoms with Gasteiger partial charge in [-0.2, -0.15) is 0 Å². The molecule has 0 saturated carbocycles. The zero-order valence-corrected chi connectivity index (χ0v) is 14.6. The molecule has 106 valence electrons. The number of hydrogen-bond donors (Lipinski definition) is 2. The first kappa shape index (κ1) is 14.5. The standard InChI is InChI=1S/C14H14Br2N2OS/c15-10-7-11(20-14(10)16)12(18-17)9-5-1-3-8-4-2-6-19-13(8)9/h1,3,5,7,12,18H,2,4,6,17H2. The zero-order chi connectivity index (χ0) is 14.1. The molecule has 2 aromatic rings. The van der Waals surface area contributed by atoms with Crippen molar-refractivity contribution in [3.8, 4) is 5.75 Å². The fourth-order valence-electron chi connectivity index (χ4n) is 2.47. The van der Waals surface area contributed by atoms with Crippen molar-refractivity contribution in [1.82, 2.24) is 5.43 Å². The number of para-hydroxylation sites is 1. The third kappa shape index (κ3) is 2.67. The van der Waals surface area contributed by atoms with E-state index in [9.17, 15) is 0 Å². The van der Waals surface area contributed by atoms with Crippen molar-refractivity contribution in [2.24, 2.45) is 5.84 Å². The van der Waals surface area contributed by atoms with Gasteiger partial charge in [0.2, 0.25) is 0 Å². The Hall–Kier alpha value is -0.400. The van der Waals surface area contributed by atoms with E-state index in [4.69, 9.17) is 10.6 Å². The molecule has 0 saturated heterocycles. The molecule has 1 aromatic heterocycles. The van der Waals surface area contributed by atoms with Crippen LogP contribution < -0.4 is 16.0 Å². The molecule has 3 nitrogen and oxygen atoms in total. The lowest BCUT2D eigenvalue weighted by molar-refractivity contribution is 0.283. The second-order valence-corrected chi connectivity index (χ2v) is 7.91. The normalized spacial score (nSPS) is 15.6. The minimum atomic E-state index is -0.0596. The Kier molecular flexibility index (Phi) is 4.47. The first-order valence-electron chi connectivity index (χ1n) is 6.36. The summed E-state index contributed by atoms with van der Waals surface area (Å²) in [6, 6.07) is 8.31. The van der Waals surface area contributed by atoms with Crippen LogP contribution in [0.3, 0.4) is 0 Å². The van der Waals surface area contributed by atoms with Gasteiger partial charge in [0.25, 0.3) is 0 Å². The summed E-state index contributed by atoms with van der Waals surface area (Å²) in [5.41, 5.74) is 5.28. The topological polar surface area (TPSA) is 47.3 Å². The highest BCUT2D eigenvalue weighted by Gasteiger charge is 2.23. The molecule has 1 aliphatic rings. The maximum atomic E-state index is 5.88. The lowest BCUT2D eigenvalue weighted by Gasteiger charge is -2.24. The molecule has 6 heteroatoms. The molecule has 3 rings (SSSR count). The van der Waals surface area contributed by atoms with Gasteiger partial charge < -0.3 is 4.74 Å². The van der Waals surface area contributed by atoms with Gasteiger partial charge in [0, 0.05) is 14.9 Å². The van der Waals surface area contributed by atoms with E-state index in [1.807, 2.05) is 0 Å². The Morgan fingerprint density at radius 3 is 2.90 bits per heavy atom. The number of nitrogens with one attached hydrogen (secondary N) is 1. The number of hydrazine groups is 1. The van der Waals surface area contributed by atoms with Gasteiger partial charge >= 0.3 is 0 Å². The number of ether oxygens (including phenoxy) is 1. The molecule has 0 spiro atoms. The molecule has 0 fully saturated rings. The highest BCUT2D eigenvalue weighted by atomic mass is 79.9. The lowest BCUT2D eigenvalue weighted by atomic mass is 9.97. The number of nitrogens with two attached hydrogens (primary N) is 1. The van der Waals surface area contributed by atoms with E-state index in [0.717, 1.165) is 43.9 Å². The fourth-order valence-corrected chi connectivity index (χ4v) is 4.64. The maximum absolute atomic E-state index is 5.88. The van der Waals surface area contributed by atoms with Crippen LogP contribution in [0.15, 0.2) is 32.5 Å². The monoisotopic (exact) mass is 416 g/mol. The first-order chi connectivity index (χ1) is 9.70. The Balaban J connectivity index is 2.05. The molecule has 3 N–H and O–H groups in total. The summed E-state index contributed by atoms with van der Waals surface area (Å²) < 4.78 is 7.99. The predicted octanol–water partition coefficient (Wildman–Crippen LogP) is 4.15. The van der Waals surface area contributed by atoms with Gasteiger partial charge in [-0.05, 0) is 56.3 Å². The number of thiophene rings is 1. The fraction of sp³-hybridized carbons (Fsp3) is 0.286. The zero-order valence-electron chi connectivity index (χ0n) is 10.7. The Morgan fingerprint density at radius 2 is 2.20 bits per heavy atom. The van der Waals surface area contributed by atoms with Crippen LogP contribution in [0.4, 0.5) is 0 Å². The number of fused-ring (bicyclic) bond motifs is 1. The molecule has 2 heterocycles. The minimum absolute atomic E-state index is 0.0596. The molecule has 0 bridgehead atoms. The second-order valence-electron chi connectivity index (χ2n) is 4.66. The van der Waals surface area contributed by atoms with Crippen LogP contribution >= 0.6 is 43.2 Å². The average molecular weight is 418 g/mol. The molecule has 20 heavy (non-hydrogen) atoms. The molecule has 1 aliphatic heterocycles. The summed E-state index contributed by atoms with van der Waals surface area (Å²) in [6.45, 7) is 0.777.